The highest BCUT2D eigenvalue weighted by molar-refractivity contribution is 7.91. The van der Waals surface area contributed by atoms with Gasteiger partial charge in [-0.2, -0.15) is 0 Å². The third-order valence-electron chi connectivity index (χ3n) is 3.89. The van der Waals surface area contributed by atoms with Crippen LogP contribution < -0.4 is 9.62 Å². The lowest BCUT2D eigenvalue weighted by atomic mass is 10.3. The molecule has 1 atom stereocenters. The number of hydrogen-bond donors (Lipinski definition) is 1. The molecule has 1 unspecified atom stereocenters. The quantitative estimate of drug-likeness (QED) is 0.930. The average Bonchev–Trinajstić information content (AvgIpc) is 3.08. The topological polar surface area (TPSA) is 62.3 Å². The first-order chi connectivity index (χ1) is 10.5. The van der Waals surface area contributed by atoms with Crippen LogP contribution >= 0.6 is 11.3 Å². The summed E-state index contributed by atoms with van der Waals surface area (Å²) in [7, 11) is -3.43. The van der Waals surface area contributed by atoms with E-state index in [9.17, 15) is 8.42 Å². The molecule has 0 bridgehead atoms. The Morgan fingerprint density at radius 3 is 2.82 bits per heavy atom. The van der Waals surface area contributed by atoms with E-state index in [2.05, 4.69) is 14.6 Å². The molecule has 0 saturated carbocycles. The van der Waals surface area contributed by atoms with Gasteiger partial charge in [0, 0.05) is 30.2 Å². The molecule has 22 heavy (non-hydrogen) atoms. The van der Waals surface area contributed by atoms with E-state index in [1.54, 1.807) is 12.3 Å². The van der Waals surface area contributed by atoms with Gasteiger partial charge >= 0.3 is 0 Å². The highest BCUT2D eigenvalue weighted by Crippen LogP contribution is 2.26. The second-order valence-corrected chi connectivity index (χ2v) is 8.74. The van der Waals surface area contributed by atoms with Crippen LogP contribution in [-0.4, -0.2) is 32.5 Å². The zero-order chi connectivity index (χ0) is 15.7. The Labute approximate surface area is 135 Å². The maximum absolute atomic E-state index is 12.5. The number of rotatable bonds is 4. The Morgan fingerprint density at radius 2 is 2.18 bits per heavy atom. The second-order valence-electron chi connectivity index (χ2n) is 5.55. The summed E-state index contributed by atoms with van der Waals surface area (Å²) in [5.74, 6) is 0.895. The van der Waals surface area contributed by atoms with Crippen LogP contribution in [0.3, 0.4) is 0 Å². The molecule has 0 amide bonds. The van der Waals surface area contributed by atoms with Gasteiger partial charge in [0.05, 0.1) is 0 Å². The summed E-state index contributed by atoms with van der Waals surface area (Å²) in [5.41, 5.74) is 1.02. The zero-order valence-corrected chi connectivity index (χ0v) is 14.2. The summed E-state index contributed by atoms with van der Waals surface area (Å²) < 4.78 is 28.2. The summed E-state index contributed by atoms with van der Waals surface area (Å²) >= 11 is 1.33. The molecular weight excluding hydrogens is 318 g/mol. The predicted molar refractivity (Wildman–Crippen MR) is 89.0 cm³/mol. The van der Waals surface area contributed by atoms with Crippen molar-refractivity contribution in [2.45, 2.75) is 30.5 Å². The van der Waals surface area contributed by atoms with Crippen LogP contribution in [0.2, 0.25) is 0 Å². The molecule has 1 N–H and O–H groups in total. The Kier molecular flexibility index (Phi) is 4.20. The lowest BCUT2D eigenvalue weighted by Crippen LogP contribution is -2.36. The standard InChI is InChI=1S/C15H19N3O2S2/c1-11-9-15(21-12(11)2)22(19,20)17-13-6-8-18(10-13)14-5-3-4-7-16-14/h3-5,7,9,13,17H,6,8,10H2,1-2H3. The number of anilines is 1. The second kappa shape index (κ2) is 5.98. The van der Waals surface area contributed by atoms with E-state index in [1.165, 1.54) is 11.3 Å². The lowest BCUT2D eigenvalue weighted by molar-refractivity contribution is 0.563. The van der Waals surface area contributed by atoms with Crippen LogP contribution in [0.4, 0.5) is 5.82 Å². The lowest BCUT2D eigenvalue weighted by Gasteiger charge is -2.17. The van der Waals surface area contributed by atoms with Crippen LogP contribution in [0.1, 0.15) is 16.9 Å². The van der Waals surface area contributed by atoms with Gasteiger partial charge in [0.25, 0.3) is 0 Å². The molecule has 2 aromatic rings. The molecule has 1 aliphatic rings. The largest absolute Gasteiger partial charge is 0.355 e. The van der Waals surface area contributed by atoms with E-state index < -0.39 is 10.0 Å². The number of pyridine rings is 1. The minimum absolute atomic E-state index is 0.0743. The van der Waals surface area contributed by atoms with Crippen LogP contribution in [0.5, 0.6) is 0 Å². The van der Waals surface area contributed by atoms with Crippen molar-refractivity contribution in [1.82, 2.24) is 9.71 Å². The monoisotopic (exact) mass is 337 g/mol. The van der Waals surface area contributed by atoms with Crippen molar-refractivity contribution < 1.29 is 8.42 Å². The Hall–Kier alpha value is -1.44. The van der Waals surface area contributed by atoms with Crippen LogP contribution in [0, 0.1) is 13.8 Å². The molecule has 1 fully saturated rings. The number of hydrogen-bond acceptors (Lipinski definition) is 5. The summed E-state index contributed by atoms with van der Waals surface area (Å²) in [6.45, 7) is 5.34. The van der Waals surface area contributed by atoms with Gasteiger partial charge in [0.2, 0.25) is 10.0 Å². The van der Waals surface area contributed by atoms with Crippen molar-refractivity contribution >= 4 is 27.2 Å². The molecule has 0 spiro atoms. The van der Waals surface area contributed by atoms with Crippen molar-refractivity contribution in [2.24, 2.45) is 0 Å². The van der Waals surface area contributed by atoms with E-state index in [0.717, 1.165) is 29.2 Å². The number of sulfonamides is 1. The normalized spacial score (nSPS) is 18.8. The Morgan fingerprint density at radius 1 is 1.36 bits per heavy atom. The van der Waals surface area contributed by atoms with E-state index in [-0.39, 0.29) is 6.04 Å². The van der Waals surface area contributed by atoms with Crippen LogP contribution in [-0.2, 0) is 10.0 Å². The number of nitrogens with zero attached hydrogens (tertiary/aromatic N) is 2. The fourth-order valence-corrected chi connectivity index (χ4v) is 5.35. The molecule has 1 aliphatic heterocycles. The van der Waals surface area contributed by atoms with Crippen molar-refractivity contribution in [2.75, 3.05) is 18.0 Å². The third-order valence-corrected chi connectivity index (χ3v) is 7.04. The molecule has 2 aromatic heterocycles. The van der Waals surface area contributed by atoms with Gasteiger partial charge in [-0.15, -0.1) is 11.3 Å². The minimum atomic E-state index is -3.43. The summed E-state index contributed by atoms with van der Waals surface area (Å²) in [5, 5.41) is 0. The first-order valence-corrected chi connectivity index (χ1v) is 9.51. The molecule has 3 rings (SSSR count). The Bertz CT molecular complexity index is 737. The summed E-state index contributed by atoms with van der Waals surface area (Å²) in [6, 6.07) is 7.43. The van der Waals surface area contributed by atoms with Gasteiger partial charge in [0.15, 0.2) is 0 Å². The SMILES string of the molecule is Cc1cc(S(=O)(=O)NC2CCN(c3ccccn3)C2)sc1C. The molecule has 0 aliphatic carbocycles. The van der Waals surface area contributed by atoms with Crippen LogP contribution in [0.15, 0.2) is 34.7 Å². The third kappa shape index (κ3) is 3.16. The molecule has 3 heterocycles. The minimum Gasteiger partial charge on any atom is -0.355 e. The van der Waals surface area contributed by atoms with Crippen molar-refractivity contribution in [3.05, 3.63) is 40.9 Å². The number of aromatic nitrogens is 1. The molecule has 0 aromatic carbocycles. The number of nitrogens with one attached hydrogen (secondary N) is 1. The van der Waals surface area contributed by atoms with E-state index in [0.29, 0.717) is 10.8 Å². The first kappa shape index (κ1) is 15.5. The molecule has 7 heteroatoms. The van der Waals surface area contributed by atoms with Gasteiger partial charge in [0.1, 0.15) is 10.0 Å². The summed E-state index contributed by atoms with van der Waals surface area (Å²) in [4.78, 5) is 7.47. The first-order valence-electron chi connectivity index (χ1n) is 7.21. The zero-order valence-electron chi connectivity index (χ0n) is 12.6. The van der Waals surface area contributed by atoms with E-state index >= 15 is 0 Å². The van der Waals surface area contributed by atoms with E-state index in [4.69, 9.17) is 0 Å². The van der Waals surface area contributed by atoms with Gasteiger partial charge < -0.3 is 4.90 Å². The fourth-order valence-electron chi connectivity index (χ4n) is 2.55. The van der Waals surface area contributed by atoms with Crippen LogP contribution in [0.25, 0.3) is 0 Å². The molecule has 0 radical (unpaired) electrons. The van der Waals surface area contributed by atoms with Gasteiger partial charge in [-0.25, -0.2) is 18.1 Å². The average molecular weight is 337 g/mol. The van der Waals surface area contributed by atoms with Gasteiger partial charge in [-0.05, 0) is 44.0 Å². The number of aryl methyl sites for hydroxylation is 2. The van der Waals surface area contributed by atoms with Crippen molar-refractivity contribution in [1.29, 1.82) is 0 Å². The molecule has 5 nitrogen and oxygen atoms in total. The maximum Gasteiger partial charge on any atom is 0.250 e. The highest BCUT2D eigenvalue weighted by Gasteiger charge is 2.28. The number of thiophene rings is 1. The predicted octanol–water partition coefficient (Wildman–Crippen LogP) is 2.32. The highest BCUT2D eigenvalue weighted by atomic mass is 32.2. The van der Waals surface area contributed by atoms with Crippen molar-refractivity contribution in [3.8, 4) is 0 Å². The molecule has 118 valence electrons. The fraction of sp³-hybridized carbons (Fsp3) is 0.400. The summed E-state index contributed by atoms with van der Waals surface area (Å²) in [6.07, 6.45) is 2.54. The van der Waals surface area contributed by atoms with Gasteiger partial charge in [-0.3, -0.25) is 0 Å². The smallest absolute Gasteiger partial charge is 0.250 e. The van der Waals surface area contributed by atoms with Crippen molar-refractivity contribution in [3.63, 3.8) is 0 Å². The van der Waals surface area contributed by atoms with Gasteiger partial charge in [-0.1, -0.05) is 6.07 Å². The van der Waals surface area contributed by atoms with E-state index in [1.807, 2.05) is 32.0 Å². The Balaban J connectivity index is 1.69. The molecule has 1 saturated heterocycles. The molecular formula is C15H19N3O2S2. The maximum atomic E-state index is 12.5.